The third-order valence-corrected chi connectivity index (χ3v) is 3.29. The molecule has 2 aromatic rings. The smallest absolute Gasteiger partial charge is 0.119 e. The first-order valence-electron chi connectivity index (χ1n) is 6.48. The molecule has 0 saturated carbocycles. The van der Waals surface area contributed by atoms with Gasteiger partial charge in [0.25, 0.3) is 0 Å². The van der Waals surface area contributed by atoms with Crippen LogP contribution in [0, 0.1) is 6.92 Å². The van der Waals surface area contributed by atoms with Crippen molar-refractivity contribution in [2.45, 2.75) is 26.4 Å². The van der Waals surface area contributed by atoms with E-state index in [1.807, 2.05) is 24.4 Å². The first-order valence-corrected chi connectivity index (χ1v) is 6.48. The van der Waals surface area contributed by atoms with E-state index in [0.29, 0.717) is 0 Å². The molecule has 2 rings (SSSR count). The number of methoxy groups -OCH3 is 1. The lowest BCUT2D eigenvalue weighted by molar-refractivity contribution is 0.413. The van der Waals surface area contributed by atoms with E-state index in [0.717, 1.165) is 18.0 Å². The number of ether oxygens (including phenoxy) is 1. The van der Waals surface area contributed by atoms with Crippen molar-refractivity contribution in [2.75, 3.05) is 7.11 Å². The highest BCUT2D eigenvalue weighted by atomic mass is 16.5. The highest BCUT2D eigenvalue weighted by molar-refractivity contribution is 5.30. The van der Waals surface area contributed by atoms with Crippen LogP contribution in [0.1, 0.15) is 29.8 Å². The third kappa shape index (κ3) is 3.55. The minimum absolute atomic E-state index is 0.261. The minimum Gasteiger partial charge on any atom is -0.497 e. The molecule has 0 radical (unpaired) electrons. The second-order valence-electron chi connectivity index (χ2n) is 4.65. The Labute approximate surface area is 114 Å². The van der Waals surface area contributed by atoms with Crippen LogP contribution in [0.3, 0.4) is 0 Å². The monoisotopic (exact) mass is 256 g/mol. The first kappa shape index (κ1) is 13.6. The average molecular weight is 256 g/mol. The van der Waals surface area contributed by atoms with E-state index in [9.17, 15) is 0 Å². The lowest BCUT2D eigenvalue weighted by Crippen LogP contribution is -2.19. The number of nitrogens with one attached hydrogen (secondary N) is 1. The maximum absolute atomic E-state index is 5.25. The van der Waals surface area contributed by atoms with E-state index in [1.54, 1.807) is 7.11 Å². The standard InChI is InChI=1S/C16H20N2O/c1-12-6-5-9-17-16(12)11-18-13(2)14-7-4-8-15(10-14)19-3/h4-10,13,18H,11H2,1-3H3/t13-/m1/s1. The van der Waals surface area contributed by atoms with E-state index in [4.69, 9.17) is 4.74 Å². The lowest BCUT2D eigenvalue weighted by atomic mass is 10.1. The maximum atomic E-state index is 5.25. The Hall–Kier alpha value is -1.87. The van der Waals surface area contributed by atoms with Gasteiger partial charge in [-0.15, -0.1) is 0 Å². The van der Waals surface area contributed by atoms with Gasteiger partial charge in [-0.05, 0) is 43.2 Å². The zero-order chi connectivity index (χ0) is 13.7. The summed E-state index contributed by atoms with van der Waals surface area (Å²) < 4.78 is 5.25. The second-order valence-corrected chi connectivity index (χ2v) is 4.65. The molecule has 0 aliphatic rings. The van der Waals surface area contributed by atoms with Crippen molar-refractivity contribution in [3.05, 3.63) is 59.4 Å². The second kappa shape index (κ2) is 6.34. The number of nitrogens with zero attached hydrogens (tertiary/aromatic N) is 1. The molecule has 3 heteroatoms. The topological polar surface area (TPSA) is 34.1 Å². The van der Waals surface area contributed by atoms with Gasteiger partial charge in [-0.1, -0.05) is 18.2 Å². The molecule has 0 saturated heterocycles. The van der Waals surface area contributed by atoms with Crippen molar-refractivity contribution in [1.82, 2.24) is 10.3 Å². The lowest BCUT2D eigenvalue weighted by Gasteiger charge is -2.15. The van der Waals surface area contributed by atoms with Gasteiger partial charge < -0.3 is 10.1 Å². The Morgan fingerprint density at radius 3 is 2.84 bits per heavy atom. The molecule has 0 fully saturated rings. The van der Waals surface area contributed by atoms with E-state index in [1.165, 1.54) is 11.1 Å². The Bertz CT molecular complexity index is 540. The molecule has 0 bridgehead atoms. The molecular weight excluding hydrogens is 236 g/mol. The molecule has 1 heterocycles. The SMILES string of the molecule is COc1cccc([C@@H](C)NCc2ncccc2C)c1. The quantitative estimate of drug-likeness (QED) is 0.891. The van der Waals surface area contributed by atoms with Gasteiger partial charge >= 0.3 is 0 Å². The Morgan fingerprint density at radius 2 is 2.11 bits per heavy atom. The number of benzene rings is 1. The van der Waals surface area contributed by atoms with Crippen LogP contribution in [-0.2, 0) is 6.54 Å². The molecule has 100 valence electrons. The van der Waals surface area contributed by atoms with E-state index < -0.39 is 0 Å². The molecule has 1 atom stereocenters. The highest BCUT2D eigenvalue weighted by Gasteiger charge is 2.07. The van der Waals surface area contributed by atoms with Crippen LogP contribution in [0.4, 0.5) is 0 Å². The summed E-state index contributed by atoms with van der Waals surface area (Å²) in [4.78, 5) is 4.39. The summed E-state index contributed by atoms with van der Waals surface area (Å²) in [6, 6.07) is 12.4. The normalized spacial score (nSPS) is 12.2. The predicted molar refractivity (Wildman–Crippen MR) is 77.2 cm³/mol. The van der Waals surface area contributed by atoms with Crippen molar-refractivity contribution < 1.29 is 4.74 Å². The summed E-state index contributed by atoms with van der Waals surface area (Å²) in [5.41, 5.74) is 3.53. The number of hydrogen-bond acceptors (Lipinski definition) is 3. The van der Waals surface area contributed by atoms with Gasteiger partial charge in [-0.3, -0.25) is 4.98 Å². The molecule has 1 aromatic carbocycles. The number of aryl methyl sites for hydroxylation is 1. The molecule has 1 N–H and O–H groups in total. The van der Waals surface area contributed by atoms with Crippen LogP contribution < -0.4 is 10.1 Å². The molecule has 1 aromatic heterocycles. The average Bonchev–Trinajstić information content (AvgIpc) is 2.46. The van der Waals surface area contributed by atoms with Crippen LogP contribution in [0.25, 0.3) is 0 Å². The summed E-state index contributed by atoms with van der Waals surface area (Å²) in [6.07, 6.45) is 1.83. The fourth-order valence-corrected chi connectivity index (χ4v) is 1.98. The number of hydrogen-bond donors (Lipinski definition) is 1. The van der Waals surface area contributed by atoms with Gasteiger partial charge in [0.05, 0.1) is 12.8 Å². The Morgan fingerprint density at radius 1 is 1.26 bits per heavy atom. The van der Waals surface area contributed by atoms with Gasteiger partial charge in [0.15, 0.2) is 0 Å². The fourth-order valence-electron chi connectivity index (χ4n) is 1.98. The third-order valence-electron chi connectivity index (χ3n) is 3.29. The van der Waals surface area contributed by atoms with E-state index >= 15 is 0 Å². The van der Waals surface area contributed by atoms with E-state index in [2.05, 4.69) is 42.3 Å². The van der Waals surface area contributed by atoms with Crippen molar-refractivity contribution in [3.8, 4) is 5.75 Å². The Kier molecular flexibility index (Phi) is 4.53. The summed E-state index contributed by atoms with van der Waals surface area (Å²) in [7, 11) is 1.69. The van der Waals surface area contributed by atoms with Gasteiger partial charge in [0.2, 0.25) is 0 Å². The molecule has 19 heavy (non-hydrogen) atoms. The van der Waals surface area contributed by atoms with Gasteiger partial charge in [0.1, 0.15) is 5.75 Å². The molecular formula is C16H20N2O. The summed E-state index contributed by atoms with van der Waals surface area (Å²) in [6.45, 7) is 5.00. The van der Waals surface area contributed by atoms with Crippen molar-refractivity contribution in [3.63, 3.8) is 0 Å². The predicted octanol–water partition coefficient (Wildman–Crippen LogP) is 3.25. The highest BCUT2D eigenvalue weighted by Crippen LogP contribution is 2.19. The van der Waals surface area contributed by atoms with Crippen LogP contribution in [-0.4, -0.2) is 12.1 Å². The number of rotatable bonds is 5. The van der Waals surface area contributed by atoms with Gasteiger partial charge in [0, 0.05) is 18.8 Å². The minimum atomic E-state index is 0.261. The fraction of sp³-hybridized carbons (Fsp3) is 0.312. The molecule has 0 spiro atoms. The van der Waals surface area contributed by atoms with Crippen LogP contribution in [0.15, 0.2) is 42.6 Å². The molecule has 0 aliphatic heterocycles. The van der Waals surface area contributed by atoms with Crippen molar-refractivity contribution in [2.24, 2.45) is 0 Å². The van der Waals surface area contributed by atoms with Crippen molar-refractivity contribution >= 4 is 0 Å². The largest absolute Gasteiger partial charge is 0.497 e. The van der Waals surface area contributed by atoms with Crippen molar-refractivity contribution in [1.29, 1.82) is 0 Å². The summed E-state index contributed by atoms with van der Waals surface area (Å²) in [5, 5.41) is 3.49. The van der Waals surface area contributed by atoms with Crippen LogP contribution in [0.2, 0.25) is 0 Å². The molecule has 0 aliphatic carbocycles. The molecule has 0 amide bonds. The zero-order valence-electron chi connectivity index (χ0n) is 11.7. The van der Waals surface area contributed by atoms with Crippen LogP contribution in [0.5, 0.6) is 5.75 Å². The number of aromatic nitrogens is 1. The molecule has 3 nitrogen and oxygen atoms in total. The van der Waals surface area contributed by atoms with Gasteiger partial charge in [-0.25, -0.2) is 0 Å². The van der Waals surface area contributed by atoms with E-state index in [-0.39, 0.29) is 6.04 Å². The zero-order valence-corrected chi connectivity index (χ0v) is 11.7. The maximum Gasteiger partial charge on any atom is 0.119 e. The Balaban J connectivity index is 2.01. The number of pyridine rings is 1. The summed E-state index contributed by atoms with van der Waals surface area (Å²) >= 11 is 0. The van der Waals surface area contributed by atoms with Gasteiger partial charge in [-0.2, -0.15) is 0 Å². The molecule has 0 unspecified atom stereocenters. The summed E-state index contributed by atoms with van der Waals surface area (Å²) in [5.74, 6) is 0.889. The van der Waals surface area contributed by atoms with Crippen LogP contribution >= 0.6 is 0 Å². The first-order chi connectivity index (χ1) is 9.20.